The molecule has 0 fully saturated rings. The van der Waals surface area contributed by atoms with E-state index in [0.717, 1.165) is 35.2 Å². The van der Waals surface area contributed by atoms with Crippen molar-refractivity contribution in [2.24, 2.45) is 0 Å². The van der Waals surface area contributed by atoms with E-state index in [1.165, 1.54) is 4.68 Å². The van der Waals surface area contributed by atoms with Crippen molar-refractivity contribution in [3.63, 3.8) is 0 Å². The van der Waals surface area contributed by atoms with Gasteiger partial charge in [0, 0.05) is 34.6 Å². The molecule has 4 aromatic rings. The molecular formula is C26H21F3N6OS. The van der Waals surface area contributed by atoms with E-state index in [9.17, 15) is 18.0 Å². The molecule has 0 aliphatic carbocycles. The van der Waals surface area contributed by atoms with Gasteiger partial charge in [-0.05, 0) is 24.6 Å². The van der Waals surface area contributed by atoms with Crippen molar-refractivity contribution in [1.29, 1.82) is 0 Å². The molecule has 37 heavy (non-hydrogen) atoms. The number of aldehydes is 1. The molecule has 11 heteroatoms. The number of benzene rings is 2. The Bertz CT molecular complexity index is 1560. The van der Waals surface area contributed by atoms with Crippen LogP contribution in [0.5, 0.6) is 0 Å². The van der Waals surface area contributed by atoms with Gasteiger partial charge in [0.1, 0.15) is 23.7 Å². The first-order valence-corrected chi connectivity index (χ1v) is 12.7. The van der Waals surface area contributed by atoms with Crippen LogP contribution >= 0.6 is 11.8 Å². The lowest BCUT2D eigenvalue weighted by Gasteiger charge is -2.29. The fraction of sp³-hybridized carbons (Fsp3) is 0.231. The maximum absolute atomic E-state index is 14.4. The molecule has 188 valence electrons. The van der Waals surface area contributed by atoms with E-state index in [2.05, 4.69) is 20.4 Å². The zero-order valence-corrected chi connectivity index (χ0v) is 20.5. The summed E-state index contributed by atoms with van der Waals surface area (Å²) in [5, 5.41) is 7.75. The van der Waals surface area contributed by atoms with Crippen molar-refractivity contribution in [3.8, 4) is 5.95 Å². The van der Waals surface area contributed by atoms with E-state index >= 15 is 0 Å². The number of hydrogen-bond acceptors (Lipinski definition) is 7. The number of carbonyl (C=O) groups excluding carboxylic acids is 1. The summed E-state index contributed by atoms with van der Waals surface area (Å²) in [5.74, 6) is -1.22. The summed E-state index contributed by atoms with van der Waals surface area (Å²) < 4.78 is 44.0. The van der Waals surface area contributed by atoms with Crippen LogP contribution in [0.3, 0.4) is 0 Å². The van der Waals surface area contributed by atoms with E-state index < -0.39 is 28.9 Å². The number of hydrogen-bond donors (Lipinski definition) is 2. The first-order chi connectivity index (χ1) is 17.8. The second-order valence-electron chi connectivity index (χ2n) is 9.23. The van der Waals surface area contributed by atoms with Crippen LogP contribution in [0.1, 0.15) is 40.6 Å². The van der Waals surface area contributed by atoms with Crippen LogP contribution in [0.25, 0.3) is 5.95 Å². The molecule has 4 heterocycles. The van der Waals surface area contributed by atoms with E-state index in [4.69, 9.17) is 5.73 Å². The van der Waals surface area contributed by atoms with Gasteiger partial charge in [0.2, 0.25) is 0 Å². The molecule has 0 saturated heterocycles. The molecule has 2 aromatic heterocycles. The Morgan fingerprint density at radius 3 is 2.65 bits per heavy atom. The molecule has 0 spiro atoms. The fourth-order valence-corrected chi connectivity index (χ4v) is 6.34. The summed E-state index contributed by atoms with van der Waals surface area (Å²) in [7, 11) is 0. The topological polar surface area (TPSA) is 98.7 Å². The van der Waals surface area contributed by atoms with Gasteiger partial charge >= 0.3 is 0 Å². The summed E-state index contributed by atoms with van der Waals surface area (Å²) in [4.78, 5) is 21.3. The third-order valence-corrected chi connectivity index (χ3v) is 8.17. The lowest BCUT2D eigenvalue weighted by Crippen LogP contribution is -2.38. The second-order valence-corrected chi connectivity index (χ2v) is 10.2. The van der Waals surface area contributed by atoms with E-state index in [0.29, 0.717) is 28.6 Å². The minimum atomic E-state index is -1.23. The maximum Gasteiger partial charge on any atom is 0.254 e. The summed E-state index contributed by atoms with van der Waals surface area (Å²) in [6, 6.07) is 10.6. The molecule has 0 radical (unpaired) electrons. The number of rotatable bonds is 5. The quantitative estimate of drug-likeness (QED) is 0.298. The van der Waals surface area contributed by atoms with Crippen molar-refractivity contribution in [2.45, 2.75) is 36.3 Å². The molecule has 3 N–H and O–H groups in total. The van der Waals surface area contributed by atoms with Gasteiger partial charge in [0.25, 0.3) is 5.95 Å². The van der Waals surface area contributed by atoms with Crippen molar-refractivity contribution in [3.05, 3.63) is 93.6 Å². The molecule has 2 unspecified atom stereocenters. The predicted octanol–water partition coefficient (Wildman–Crippen LogP) is 4.30. The second kappa shape index (κ2) is 8.62. The minimum Gasteiger partial charge on any atom is -0.383 e. The lowest BCUT2D eigenvalue weighted by molar-refractivity contribution is -0.109. The maximum atomic E-state index is 14.4. The number of anilines is 2. The largest absolute Gasteiger partial charge is 0.383 e. The molecule has 0 bridgehead atoms. The Balaban J connectivity index is 1.46. The highest BCUT2D eigenvalue weighted by Crippen LogP contribution is 2.47. The zero-order valence-electron chi connectivity index (χ0n) is 19.6. The minimum absolute atomic E-state index is 0.177. The predicted molar refractivity (Wildman–Crippen MR) is 134 cm³/mol. The molecule has 0 amide bonds. The van der Waals surface area contributed by atoms with Gasteiger partial charge in [0.15, 0.2) is 11.6 Å². The highest BCUT2D eigenvalue weighted by atomic mass is 32.2. The molecule has 6 rings (SSSR count). The number of nitrogens with two attached hydrogens (primary N) is 1. The van der Waals surface area contributed by atoms with Crippen molar-refractivity contribution in [2.75, 3.05) is 11.1 Å². The smallest absolute Gasteiger partial charge is 0.254 e. The van der Waals surface area contributed by atoms with Gasteiger partial charge in [-0.15, -0.1) is 0 Å². The SMILES string of the molecule is CC1(c2ccccc2)c2c(N)nc(-n3nc(Cc4c(F)ccc(F)c4F)c4c3CSC4)nc2NC1C=O. The normalized spacial score (nSPS) is 19.9. The Morgan fingerprint density at radius 1 is 1.14 bits per heavy atom. The van der Waals surface area contributed by atoms with Gasteiger partial charge in [-0.3, -0.25) is 0 Å². The van der Waals surface area contributed by atoms with Crippen LogP contribution < -0.4 is 11.1 Å². The van der Waals surface area contributed by atoms with Gasteiger partial charge in [0.05, 0.1) is 22.8 Å². The summed E-state index contributed by atoms with van der Waals surface area (Å²) in [5.41, 5.74) is 8.81. The third-order valence-electron chi connectivity index (χ3n) is 7.20. The van der Waals surface area contributed by atoms with Gasteiger partial charge in [-0.2, -0.15) is 26.8 Å². The van der Waals surface area contributed by atoms with Crippen LogP contribution in [0.4, 0.5) is 24.8 Å². The van der Waals surface area contributed by atoms with Crippen LogP contribution in [0, 0.1) is 17.5 Å². The van der Waals surface area contributed by atoms with Crippen molar-refractivity contribution in [1.82, 2.24) is 19.7 Å². The van der Waals surface area contributed by atoms with Gasteiger partial charge in [-0.1, -0.05) is 30.3 Å². The molecule has 7 nitrogen and oxygen atoms in total. The number of nitrogens with zero attached hydrogens (tertiary/aromatic N) is 4. The van der Waals surface area contributed by atoms with Crippen LogP contribution in [0.2, 0.25) is 0 Å². The third kappa shape index (κ3) is 3.51. The van der Waals surface area contributed by atoms with Crippen molar-refractivity contribution < 1.29 is 18.0 Å². The van der Waals surface area contributed by atoms with E-state index in [1.54, 1.807) is 11.8 Å². The number of thioether (sulfide) groups is 1. The summed E-state index contributed by atoms with van der Waals surface area (Å²) >= 11 is 1.61. The zero-order chi connectivity index (χ0) is 25.9. The first kappa shape index (κ1) is 23.5. The van der Waals surface area contributed by atoms with Gasteiger partial charge in [-0.25, -0.2) is 17.9 Å². The lowest BCUT2D eigenvalue weighted by atomic mass is 9.73. The Hall–Kier alpha value is -3.86. The molecule has 2 atom stereocenters. The molecule has 2 aliphatic rings. The average molecular weight is 523 g/mol. The fourth-order valence-electron chi connectivity index (χ4n) is 5.21. The number of fused-ring (bicyclic) bond motifs is 2. The standard InChI is InChI=1S/C26H21F3N6OS/c1-26(13-5-3-2-4-6-13)20(10-36)31-24-21(26)23(30)32-25(33-24)35-19-12-37-11-15(19)18(34-35)9-14-16(27)7-8-17(28)22(14)29/h2-8,10,20H,9,11-12H2,1H3,(H3,30,31,32,33). The van der Waals surface area contributed by atoms with Crippen molar-refractivity contribution >= 4 is 29.7 Å². The van der Waals surface area contributed by atoms with Gasteiger partial charge < -0.3 is 15.8 Å². The summed E-state index contributed by atoms with van der Waals surface area (Å²) in [6.45, 7) is 1.92. The molecule has 2 aliphatic heterocycles. The number of halogens is 3. The summed E-state index contributed by atoms with van der Waals surface area (Å²) in [6.07, 6.45) is 0.611. The first-order valence-electron chi connectivity index (χ1n) is 11.6. The Labute approximate surface area is 214 Å². The monoisotopic (exact) mass is 522 g/mol. The molecule has 2 aromatic carbocycles. The van der Waals surface area contributed by atoms with Crippen LogP contribution in [-0.2, 0) is 28.1 Å². The van der Waals surface area contributed by atoms with E-state index in [-0.39, 0.29) is 23.8 Å². The number of nitrogens with one attached hydrogen (secondary N) is 1. The number of nitrogen functional groups attached to an aromatic ring is 1. The van der Waals surface area contributed by atoms with Crippen LogP contribution in [0.15, 0.2) is 42.5 Å². The molecular weight excluding hydrogens is 501 g/mol. The molecule has 0 saturated carbocycles. The Morgan fingerprint density at radius 2 is 1.89 bits per heavy atom. The number of aromatic nitrogens is 4. The number of carbonyl (C=O) groups is 1. The van der Waals surface area contributed by atoms with E-state index in [1.807, 2.05) is 37.3 Å². The highest BCUT2D eigenvalue weighted by molar-refractivity contribution is 7.98. The highest BCUT2D eigenvalue weighted by Gasteiger charge is 2.48. The van der Waals surface area contributed by atoms with Crippen LogP contribution in [-0.4, -0.2) is 32.1 Å². The average Bonchev–Trinajstić information content (AvgIpc) is 3.58. The Kier molecular flexibility index (Phi) is 5.48.